The fourth-order valence-electron chi connectivity index (χ4n) is 5.28. The van der Waals surface area contributed by atoms with Crippen molar-refractivity contribution in [2.45, 2.75) is 51.1 Å². The van der Waals surface area contributed by atoms with E-state index in [9.17, 15) is 9.59 Å². The van der Waals surface area contributed by atoms with Crippen LogP contribution in [-0.2, 0) is 13.0 Å². The monoisotopic (exact) mass is 460 g/mol. The summed E-state index contributed by atoms with van der Waals surface area (Å²) < 4.78 is 7.42. The molecule has 178 valence electrons. The molecule has 1 atom stereocenters. The maximum Gasteiger partial charge on any atom is 0.261 e. The molecule has 0 aliphatic carbocycles. The zero-order chi connectivity index (χ0) is 23.5. The third kappa shape index (κ3) is 4.44. The summed E-state index contributed by atoms with van der Waals surface area (Å²) >= 11 is 0. The van der Waals surface area contributed by atoms with Gasteiger partial charge in [-0.05, 0) is 63.0 Å². The molecule has 1 aromatic heterocycles. The van der Waals surface area contributed by atoms with Crippen LogP contribution in [0.2, 0.25) is 0 Å². The summed E-state index contributed by atoms with van der Waals surface area (Å²) in [6, 6.07) is 13.3. The van der Waals surface area contributed by atoms with Crippen molar-refractivity contribution in [2.24, 2.45) is 0 Å². The van der Waals surface area contributed by atoms with E-state index in [0.717, 1.165) is 75.3 Å². The van der Waals surface area contributed by atoms with E-state index >= 15 is 0 Å². The van der Waals surface area contributed by atoms with Gasteiger partial charge in [-0.3, -0.25) is 19.1 Å². The van der Waals surface area contributed by atoms with Crippen LogP contribution in [0.4, 0.5) is 0 Å². The summed E-state index contributed by atoms with van der Waals surface area (Å²) in [6.07, 6.45) is 6.28. The molecule has 1 saturated heterocycles. The minimum Gasteiger partial charge on any atom is -0.496 e. The first-order valence-electron chi connectivity index (χ1n) is 12.3. The minimum absolute atomic E-state index is 0.000807. The lowest BCUT2D eigenvalue weighted by Gasteiger charge is -2.29. The van der Waals surface area contributed by atoms with Gasteiger partial charge < -0.3 is 10.1 Å². The van der Waals surface area contributed by atoms with Crippen LogP contribution in [0.15, 0.2) is 47.3 Å². The Bertz CT molecular complexity index is 1250. The zero-order valence-corrected chi connectivity index (χ0v) is 19.8. The Kier molecular flexibility index (Phi) is 6.63. The van der Waals surface area contributed by atoms with Crippen molar-refractivity contribution in [3.63, 3.8) is 0 Å². The number of nitrogens with one attached hydrogen (secondary N) is 1. The highest BCUT2D eigenvalue weighted by Gasteiger charge is 2.26. The molecule has 34 heavy (non-hydrogen) atoms. The highest BCUT2D eigenvalue weighted by atomic mass is 16.5. The number of hydrogen-bond acceptors (Lipinski definition) is 5. The van der Waals surface area contributed by atoms with Crippen molar-refractivity contribution in [1.82, 2.24) is 19.8 Å². The number of para-hydroxylation sites is 1. The van der Waals surface area contributed by atoms with Crippen molar-refractivity contribution in [3.8, 4) is 5.75 Å². The Morgan fingerprint density at radius 2 is 1.85 bits per heavy atom. The van der Waals surface area contributed by atoms with Gasteiger partial charge in [0.2, 0.25) is 0 Å². The highest BCUT2D eigenvalue weighted by molar-refractivity contribution is 5.97. The Hall–Kier alpha value is -3.19. The predicted molar refractivity (Wildman–Crippen MR) is 132 cm³/mol. The second-order valence-corrected chi connectivity index (χ2v) is 9.24. The van der Waals surface area contributed by atoms with Gasteiger partial charge in [-0.1, -0.05) is 24.6 Å². The average molecular weight is 461 g/mol. The first-order chi connectivity index (χ1) is 16.7. The smallest absolute Gasteiger partial charge is 0.261 e. The Labute approximate surface area is 199 Å². The van der Waals surface area contributed by atoms with Crippen molar-refractivity contribution in [3.05, 3.63) is 69.8 Å². The molecule has 2 aromatic carbocycles. The van der Waals surface area contributed by atoms with Crippen LogP contribution in [0, 0.1) is 0 Å². The van der Waals surface area contributed by atoms with E-state index in [0.29, 0.717) is 23.0 Å². The van der Waals surface area contributed by atoms with E-state index < -0.39 is 0 Å². The lowest BCUT2D eigenvalue weighted by atomic mass is 10.0. The van der Waals surface area contributed by atoms with Gasteiger partial charge in [0.05, 0.1) is 24.1 Å². The second-order valence-electron chi connectivity index (χ2n) is 9.24. The number of nitrogens with zero attached hydrogens (tertiary/aromatic N) is 3. The third-order valence-electron chi connectivity index (χ3n) is 7.11. The van der Waals surface area contributed by atoms with Crippen molar-refractivity contribution >= 4 is 16.8 Å². The summed E-state index contributed by atoms with van der Waals surface area (Å²) in [5.41, 5.74) is 2.21. The summed E-state index contributed by atoms with van der Waals surface area (Å²) in [7, 11) is 1.68. The van der Waals surface area contributed by atoms with Gasteiger partial charge in [-0.2, -0.15) is 0 Å². The molecule has 0 saturated carbocycles. The van der Waals surface area contributed by atoms with Crippen LogP contribution in [0.1, 0.15) is 59.9 Å². The summed E-state index contributed by atoms with van der Waals surface area (Å²) in [6.45, 7) is 3.22. The summed E-state index contributed by atoms with van der Waals surface area (Å²) in [4.78, 5) is 33.3. The molecule has 3 aromatic rings. The first-order valence-corrected chi connectivity index (χ1v) is 12.3. The van der Waals surface area contributed by atoms with E-state index in [1.807, 2.05) is 22.8 Å². The predicted octanol–water partition coefficient (Wildman–Crippen LogP) is 3.70. The molecule has 5 rings (SSSR count). The molecule has 3 heterocycles. The molecule has 1 N–H and O–H groups in total. The van der Waals surface area contributed by atoms with Gasteiger partial charge in [0.25, 0.3) is 11.5 Å². The first kappa shape index (κ1) is 22.6. The number of amides is 1. The van der Waals surface area contributed by atoms with E-state index in [2.05, 4.69) is 16.3 Å². The topological polar surface area (TPSA) is 76.5 Å². The lowest BCUT2D eigenvalue weighted by Crippen LogP contribution is -2.37. The van der Waals surface area contributed by atoms with Gasteiger partial charge in [-0.25, -0.2) is 4.98 Å². The summed E-state index contributed by atoms with van der Waals surface area (Å²) in [5, 5.41) is 3.71. The SMILES string of the molecule is COc1ccccc1[C@@H](CNC(=O)c1ccc2c(=O)n3c(nc2c1)CCCCC3)N1CCCC1. The van der Waals surface area contributed by atoms with Crippen LogP contribution in [-0.4, -0.2) is 47.1 Å². The Balaban J connectivity index is 1.39. The van der Waals surface area contributed by atoms with E-state index in [4.69, 9.17) is 9.72 Å². The molecular formula is C27H32N4O3. The number of ether oxygens (including phenoxy) is 1. The summed E-state index contributed by atoms with van der Waals surface area (Å²) in [5.74, 6) is 1.51. The molecule has 2 aliphatic heterocycles. The van der Waals surface area contributed by atoms with E-state index in [1.54, 1.807) is 25.3 Å². The number of carbonyl (C=O) groups is 1. The number of benzene rings is 2. The molecule has 0 unspecified atom stereocenters. The molecule has 7 nitrogen and oxygen atoms in total. The van der Waals surface area contributed by atoms with Gasteiger partial charge in [0, 0.05) is 30.6 Å². The molecule has 1 fully saturated rings. The highest BCUT2D eigenvalue weighted by Crippen LogP contribution is 2.31. The number of aromatic nitrogens is 2. The van der Waals surface area contributed by atoms with Crippen LogP contribution in [0.25, 0.3) is 10.9 Å². The molecule has 0 radical (unpaired) electrons. The second kappa shape index (κ2) is 9.97. The van der Waals surface area contributed by atoms with Crippen LogP contribution >= 0.6 is 0 Å². The average Bonchev–Trinajstić information content (AvgIpc) is 3.29. The lowest BCUT2D eigenvalue weighted by molar-refractivity contribution is 0.0937. The standard InChI is InChI=1S/C27H32N4O3/c1-34-24-10-5-4-9-21(24)23(30-14-7-8-15-30)18-28-26(32)19-12-13-20-22(17-19)29-25-11-3-2-6-16-31(25)27(20)33/h4-5,9-10,12-13,17,23H,2-3,6-8,11,14-16,18H2,1H3,(H,28,32)/t23-/m1/s1. The maximum absolute atomic E-state index is 13.2. The fourth-order valence-corrected chi connectivity index (χ4v) is 5.28. The minimum atomic E-state index is -0.155. The number of rotatable bonds is 6. The molecular weight excluding hydrogens is 428 g/mol. The molecule has 7 heteroatoms. The Morgan fingerprint density at radius 1 is 1.06 bits per heavy atom. The van der Waals surface area contributed by atoms with Crippen LogP contribution in [0.5, 0.6) is 5.75 Å². The number of likely N-dealkylation sites (tertiary alicyclic amines) is 1. The largest absolute Gasteiger partial charge is 0.496 e. The fraction of sp³-hybridized carbons (Fsp3) is 0.444. The van der Waals surface area contributed by atoms with Crippen molar-refractivity contribution in [1.29, 1.82) is 0 Å². The van der Waals surface area contributed by atoms with Gasteiger partial charge in [0.15, 0.2) is 0 Å². The Morgan fingerprint density at radius 3 is 2.68 bits per heavy atom. The molecule has 2 aliphatic rings. The van der Waals surface area contributed by atoms with Crippen molar-refractivity contribution in [2.75, 3.05) is 26.7 Å². The van der Waals surface area contributed by atoms with E-state index in [1.165, 1.54) is 0 Å². The molecule has 0 bridgehead atoms. The quantitative estimate of drug-likeness (QED) is 0.607. The van der Waals surface area contributed by atoms with Gasteiger partial charge in [-0.15, -0.1) is 0 Å². The maximum atomic E-state index is 13.2. The normalized spacial score (nSPS) is 17.2. The molecule has 0 spiro atoms. The van der Waals surface area contributed by atoms with Crippen molar-refractivity contribution < 1.29 is 9.53 Å². The number of carbonyl (C=O) groups excluding carboxylic acids is 1. The van der Waals surface area contributed by atoms with Gasteiger partial charge >= 0.3 is 0 Å². The number of hydrogen-bond donors (Lipinski definition) is 1. The number of aryl methyl sites for hydroxylation is 1. The van der Waals surface area contributed by atoms with Gasteiger partial charge in [0.1, 0.15) is 11.6 Å². The zero-order valence-electron chi connectivity index (χ0n) is 19.8. The van der Waals surface area contributed by atoms with Crippen LogP contribution < -0.4 is 15.6 Å². The van der Waals surface area contributed by atoms with E-state index in [-0.39, 0.29) is 17.5 Å². The van der Waals surface area contributed by atoms with Crippen LogP contribution in [0.3, 0.4) is 0 Å². The number of fused-ring (bicyclic) bond motifs is 2. The third-order valence-corrected chi connectivity index (χ3v) is 7.11. The number of methoxy groups -OCH3 is 1. The molecule has 1 amide bonds.